The summed E-state index contributed by atoms with van der Waals surface area (Å²) in [6, 6.07) is -0.106. The smallest absolute Gasteiger partial charge is 0.318 e. The molecule has 0 spiro atoms. The van der Waals surface area contributed by atoms with E-state index in [0.29, 0.717) is 19.4 Å². The topological polar surface area (TPSA) is 105 Å². The number of imide groups is 1. The lowest BCUT2D eigenvalue weighted by Crippen LogP contribution is -2.63. The Hall–Kier alpha value is -1.47. The second kappa shape index (κ2) is 7.19. The van der Waals surface area contributed by atoms with Crippen molar-refractivity contribution >= 4 is 18.2 Å². The summed E-state index contributed by atoms with van der Waals surface area (Å²) in [5.41, 5.74) is 5.09. The van der Waals surface area contributed by atoms with Crippen molar-refractivity contribution in [2.75, 3.05) is 13.1 Å². The molecule has 126 valence electrons. The van der Waals surface area contributed by atoms with E-state index in [2.05, 4.69) is 38.3 Å². The van der Waals surface area contributed by atoms with Crippen LogP contribution in [0, 0.1) is 0 Å². The van der Waals surface area contributed by atoms with Gasteiger partial charge in [-0.1, -0.05) is 0 Å². The fourth-order valence-corrected chi connectivity index (χ4v) is 3.27. The van der Waals surface area contributed by atoms with E-state index in [9.17, 15) is 14.4 Å². The molecule has 0 atom stereocenters. The molecule has 4 N–H and O–H groups in total. The number of hydrogen-bond acceptors (Lipinski definition) is 5. The van der Waals surface area contributed by atoms with E-state index in [1.165, 1.54) is 0 Å². The van der Waals surface area contributed by atoms with E-state index in [1.807, 2.05) is 0 Å². The summed E-state index contributed by atoms with van der Waals surface area (Å²) in [7, 11) is 0. The van der Waals surface area contributed by atoms with Gasteiger partial charge < -0.3 is 16.4 Å². The molecule has 0 aliphatic carbocycles. The minimum atomic E-state index is -0.822. The minimum Gasteiger partial charge on any atom is -0.345 e. The third-order valence-corrected chi connectivity index (χ3v) is 3.71. The van der Waals surface area contributed by atoms with Crippen molar-refractivity contribution in [3.8, 4) is 0 Å². The lowest BCUT2D eigenvalue weighted by Gasteiger charge is -2.46. The molecule has 1 aliphatic rings. The zero-order valence-corrected chi connectivity index (χ0v) is 13.9. The number of nitrogens with zero attached hydrogens (tertiary/aromatic N) is 1. The Balaban J connectivity index is 2.66. The number of carbonyl (C=O) groups is 3. The molecule has 22 heavy (non-hydrogen) atoms. The van der Waals surface area contributed by atoms with Gasteiger partial charge in [0.1, 0.15) is 0 Å². The van der Waals surface area contributed by atoms with Gasteiger partial charge in [-0.05, 0) is 53.5 Å². The molecule has 3 amide bonds. The minimum absolute atomic E-state index is 0.106. The Labute approximate surface area is 132 Å². The van der Waals surface area contributed by atoms with E-state index in [0.717, 1.165) is 17.7 Å². The lowest BCUT2D eigenvalue weighted by molar-refractivity contribution is -0.149. The quantitative estimate of drug-likeness (QED) is 0.479. The van der Waals surface area contributed by atoms with Gasteiger partial charge in [0, 0.05) is 23.7 Å². The van der Waals surface area contributed by atoms with Crippen molar-refractivity contribution in [1.29, 1.82) is 0 Å². The summed E-state index contributed by atoms with van der Waals surface area (Å²) < 4.78 is 0. The van der Waals surface area contributed by atoms with Crippen LogP contribution in [0.1, 0.15) is 47.0 Å². The third kappa shape index (κ3) is 5.38. The number of nitrogens with two attached hydrogens (primary N) is 1. The first-order valence-corrected chi connectivity index (χ1v) is 7.66. The molecule has 1 heterocycles. The summed E-state index contributed by atoms with van der Waals surface area (Å²) in [5.74, 6) is -1.56. The normalized spacial score (nSPS) is 20.2. The first kappa shape index (κ1) is 18.6. The maximum atomic E-state index is 12.1. The fourth-order valence-electron chi connectivity index (χ4n) is 3.27. The predicted octanol–water partition coefficient (Wildman–Crippen LogP) is -0.254. The largest absolute Gasteiger partial charge is 0.345 e. The Morgan fingerprint density at radius 3 is 2.27 bits per heavy atom. The second-order valence-corrected chi connectivity index (χ2v) is 7.22. The van der Waals surface area contributed by atoms with Gasteiger partial charge in [0.15, 0.2) is 0 Å². The number of rotatable bonds is 5. The van der Waals surface area contributed by atoms with Crippen LogP contribution in [0.2, 0.25) is 0 Å². The van der Waals surface area contributed by atoms with Crippen LogP contribution in [-0.4, -0.2) is 53.3 Å². The molecule has 0 aromatic carbocycles. The average molecular weight is 312 g/mol. The van der Waals surface area contributed by atoms with E-state index in [1.54, 1.807) is 0 Å². The van der Waals surface area contributed by atoms with Crippen LogP contribution in [0.3, 0.4) is 0 Å². The van der Waals surface area contributed by atoms with E-state index >= 15 is 0 Å². The molecular weight excluding hydrogens is 284 g/mol. The van der Waals surface area contributed by atoms with Crippen LogP contribution in [0.15, 0.2) is 0 Å². The molecule has 1 saturated heterocycles. The van der Waals surface area contributed by atoms with Crippen molar-refractivity contribution < 1.29 is 14.4 Å². The molecular formula is C15H28N4O3. The van der Waals surface area contributed by atoms with Crippen LogP contribution in [-0.2, 0) is 14.4 Å². The van der Waals surface area contributed by atoms with Crippen molar-refractivity contribution in [1.82, 2.24) is 15.5 Å². The van der Waals surface area contributed by atoms with Gasteiger partial charge in [0.2, 0.25) is 6.41 Å². The Morgan fingerprint density at radius 2 is 1.82 bits per heavy atom. The standard InChI is InChI=1S/C15H28N4O3/c1-14(2)8-11(9-15(3,4)18-14)17-12(21)13(22)19(10-20)7-5-6-16/h10-11,18H,5-9,16H2,1-4H3,(H,17,21). The lowest BCUT2D eigenvalue weighted by atomic mass is 9.79. The van der Waals surface area contributed by atoms with Crippen LogP contribution in [0.5, 0.6) is 0 Å². The van der Waals surface area contributed by atoms with Crippen molar-refractivity contribution in [3.05, 3.63) is 0 Å². The number of piperidine rings is 1. The molecule has 1 aliphatic heterocycles. The summed E-state index contributed by atoms with van der Waals surface area (Å²) in [6.45, 7) is 8.77. The molecule has 7 heteroatoms. The number of amides is 3. The van der Waals surface area contributed by atoms with E-state index in [4.69, 9.17) is 5.73 Å². The average Bonchev–Trinajstić information content (AvgIpc) is 2.35. The maximum absolute atomic E-state index is 12.1. The molecule has 0 unspecified atom stereocenters. The molecule has 0 aromatic heterocycles. The Morgan fingerprint density at radius 1 is 1.27 bits per heavy atom. The van der Waals surface area contributed by atoms with E-state index < -0.39 is 11.8 Å². The zero-order valence-electron chi connectivity index (χ0n) is 13.9. The number of nitrogens with one attached hydrogen (secondary N) is 2. The Kier molecular flexibility index (Phi) is 6.08. The van der Waals surface area contributed by atoms with Gasteiger partial charge in [0.25, 0.3) is 0 Å². The van der Waals surface area contributed by atoms with Gasteiger partial charge in [-0.2, -0.15) is 0 Å². The van der Waals surface area contributed by atoms with Gasteiger partial charge in [-0.15, -0.1) is 0 Å². The van der Waals surface area contributed by atoms with Crippen molar-refractivity contribution in [2.24, 2.45) is 5.73 Å². The molecule has 0 saturated carbocycles. The highest BCUT2D eigenvalue weighted by Gasteiger charge is 2.39. The molecule has 0 aromatic rings. The van der Waals surface area contributed by atoms with Gasteiger partial charge in [0.05, 0.1) is 0 Å². The molecule has 1 fully saturated rings. The van der Waals surface area contributed by atoms with Crippen LogP contribution < -0.4 is 16.4 Å². The highest BCUT2D eigenvalue weighted by atomic mass is 16.2. The Bertz CT molecular complexity index is 419. The summed E-state index contributed by atoms with van der Waals surface area (Å²) >= 11 is 0. The van der Waals surface area contributed by atoms with Crippen LogP contribution in [0.25, 0.3) is 0 Å². The zero-order chi connectivity index (χ0) is 17.0. The fraction of sp³-hybridized carbons (Fsp3) is 0.800. The first-order chi connectivity index (χ1) is 10.1. The van der Waals surface area contributed by atoms with Gasteiger partial charge in [-0.3, -0.25) is 19.3 Å². The maximum Gasteiger partial charge on any atom is 0.318 e. The number of carbonyl (C=O) groups excluding carboxylic acids is 3. The monoisotopic (exact) mass is 312 g/mol. The molecule has 1 rings (SSSR count). The second-order valence-electron chi connectivity index (χ2n) is 7.22. The number of hydrogen-bond donors (Lipinski definition) is 3. The van der Waals surface area contributed by atoms with Crippen LogP contribution >= 0.6 is 0 Å². The molecule has 0 bridgehead atoms. The van der Waals surface area contributed by atoms with Gasteiger partial charge in [-0.25, -0.2) is 0 Å². The van der Waals surface area contributed by atoms with Gasteiger partial charge >= 0.3 is 11.8 Å². The highest BCUT2D eigenvalue weighted by molar-refractivity contribution is 6.36. The summed E-state index contributed by atoms with van der Waals surface area (Å²) in [4.78, 5) is 35.9. The highest BCUT2D eigenvalue weighted by Crippen LogP contribution is 2.28. The van der Waals surface area contributed by atoms with Crippen molar-refractivity contribution in [3.63, 3.8) is 0 Å². The molecule has 0 radical (unpaired) electrons. The third-order valence-electron chi connectivity index (χ3n) is 3.71. The molecule has 7 nitrogen and oxygen atoms in total. The first-order valence-electron chi connectivity index (χ1n) is 7.66. The SMILES string of the molecule is CC1(C)CC(NC(=O)C(=O)N(C=O)CCCN)CC(C)(C)N1. The summed E-state index contributed by atoms with van der Waals surface area (Å²) in [5, 5.41) is 6.27. The predicted molar refractivity (Wildman–Crippen MR) is 83.9 cm³/mol. The summed E-state index contributed by atoms with van der Waals surface area (Å²) in [6.07, 6.45) is 2.30. The van der Waals surface area contributed by atoms with Crippen molar-refractivity contribution in [2.45, 2.75) is 64.1 Å². The van der Waals surface area contributed by atoms with E-state index in [-0.39, 0.29) is 23.7 Å². The van der Waals surface area contributed by atoms with Crippen LogP contribution in [0.4, 0.5) is 0 Å².